The van der Waals surface area contributed by atoms with Gasteiger partial charge in [0.15, 0.2) is 5.82 Å². The third-order valence-electron chi connectivity index (χ3n) is 6.00. The molecular weight excluding hydrogens is 464 g/mol. The lowest BCUT2D eigenvalue weighted by molar-refractivity contribution is -0.131. The molecule has 0 atom stereocenters. The Balaban J connectivity index is 1.37. The highest BCUT2D eigenvalue weighted by atomic mass is 19.1. The lowest BCUT2D eigenvalue weighted by Gasteiger charge is -2.26. The summed E-state index contributed by atoms with van der Waals surface area (Å²) >= 11 is 0. The number of benzene rings is 2. The van der Waals surface area contributed by atoms with Crippen LogP contribution in [0.3, 0.4) is 0 Å². The van der Waals surface area contributed by atoms with Crippen LogP contribution in [0, 0.1) is 11.6 Å². The van der Waals surface area contributed by atoms with E-state index in [0.29, 0.717) is 37.7 Å². The van der Waals surface area contributed by atoms with Gasteiger partial charge in [0.05, 0.1) is 5.69 Å². The summed E-state index contributed by atoms with van der Waals surface area (Å²) in [6, 6.07) is 15.2. The zero-order valence-electron chi connectivity index (χ0n) is 19.8. The smallest absolute Gasteiger partial charge is 0.254 e. The number of aromatic nitrogens is 2. The molecule has 2 aromatic carbocycles. The van der Waals surface area contributed by atoms with E-state index >= 15 is 0 Å². The fourth-order valence-electron chi connectivity index (χ4n) is 4.11. The number of hydrogen-bond acceptors (Lipinski definition) is 5. The van der Waals surface area contributed by atoms with Crippen molar-refractivity contribution < 1.29 is 18.4 Å². The molecule has 2 heterocycles. The molecule has 1 fully saturated rings. The molecule has 1 aliphatic heterocycles. The minimum absolute atomic E-state index is 0.118. The van der Waals surface area contributed by atoms with Crippen LogP contribution >= 0.6 is 0 Å². The van der Waals surface area contributed by atoms with E-state index in [4.69, 9.17) is 0 Å². The molecule has 1 saturated heterocycles. The molecule has 0 unspecified atom stereocenters. The Morgan fingerprint density at radius 2 is 1.75 bits per heavy atom. The van der Waals surface area contributed by atoms with Crippen LogP contribution in [-0.2, 0) is 4.79 Å². The van der Waals surface area contributed by atoms with Gasteiger partial charge in [-0.25, -0.2) is 8.78 Å². The first-order chi connectivity index (χ1) is 17.4. The zero-order valence-corrected chi connectivity index (χ0v) is 19.8. The van der Waals surface area contributed by atoms with E-state index in [1.165, 1.54) is 35.2 Å². The molecule has 1 aromatic heterocycles. The normalized spacial score (nSPS) is 13.7. The molecule has 1 aliphatic rings. The van der Waals surface area contributed by atoms with Gasteiger partial charge in [-0.05, 0) is 61.0 Å². The Morgan fingerprint density at radius 1 is 0.944 bits per heavy atom. The third-order valence-corrected chi connectivity index (χ3v) is 6.00. The van der Waals surface area contributed by atoms with Crippen molar-refractivity contribution in [3.63, 3.8) is 0 Å². The van der Waals surface area contributed by atoms with Crippen molar-refractivity contribution in [2.45, 2.75) is 6.42 Å². The molecule has 36 heavy (non-hydrogen) atoms. The van der Waals surface area contributed by atoms with Gasteiger partial charge < -0.3 is 14.7 Å². The topological polar surface area (TPSA) is 69.6 Å². The number of carbonyl (C=O) groups excluding carboxylic acids is 2. The van der Waals surface area contributed by atoms with Gasteiger partial charge in [0.2, 0.25) is 5.91 Å². The van der Waals surface area contributed by atoms with Crippen LogP contribution in [0.1, 0.15) is 16.8 Å². The van der Waals surface area contributed by atoms with Crippen LogP contribution in [0.2, 0.25) is 0 Å². The van der Waals surface area contributed by atoms with Crippen molar-refractivity contribution in [3.05, 3.63) is 90.5 Å². The van der Waals surface area contributed by atoms with Gasteiger partial charge in [-0.2, -0.15) is 0 Å². The standard InChI is InChI=1S/C27H27F2N5O2/c1-2-13-34(27(36)21-5-3-6-23(29)18-21)19-26(35)33-15-4-14-32(16-17-33)25-12-11-24(30-31-25)20-7-9-22(28)10-8-20/h2-3,5-12,18H,1,4,13-17,19H2. The van der Waals surface area contributed by atoms with Crippen molar-refractivity contribution in [1.29, 1.82) is 0 Å². The van der Waals surface area contributed by atoms with Crippen molar-refractivity contribution in [1.82, 2.24) is 20.0 Å². The van der Waals surface area contributed by atoms with Crippen molar-refractivity contribution in [2.75, 3.05) is 44.2 Å². The Bertz CT molecular complexity index is 1220. The molecule has 3 aromatic rings. The summed E-state index contributed by atoms with van der Waals surface area (Å²) in [5.74, 6) is -0.716. The molecule has 0 bridgehead atoms. The monoisotopic (exact) mass is 491 g/mol. The van der Waals surface area contributed by atoms with Gasteiger partial charge >= 0.3 is 0 Å². The first-order valence-corrected chi connectivity index (χ1v) is 11.7. The first kappa shape index (κ1) is 25.0. The lowest BCUT2D eigenvalue weighted by atomic mass is 10.1. The Morgan fingerprint density at radius 3 is 2.44 bits per heavy atom. The summed E-state index contributed by atoms with van der Waals surface area (Å²) in [5, 5.41) is 8.61. The molecule has 9 heteroatoms. The van der Waals surface area contributed by atoms with Crippen LogP contribution in [0.25, 0.3) is 11.3 Å². The fourth-order valence-corrected chi connectivity index (χ4v) is 4.11. The Kier molecular flexibility index (Phi) is 7.99. The van der Waals surface area contributed by atoms with E-state index in [2.05, 4.69) is 21.7 Å². The number of anilines is 1. The highest BCUT2D eigenvalue weighted by Gasteiger charge is 2.24. The van der Waals surface area contributed by atoms with Crippen molar-refractivity contribution in [3.8, 4) is 11.3 Å². The average Bonchev–Trinajstić information content (AvgIpc) is 3.15. The second kappa shape index (κ2) is 11.5. The molecule has 0 radical (unpaired) electrons. The van der Waals surface area contributed by atoms with Crippen molar-refractivity contribution in [2.24, 2.45) is 0 Å². The quantitative estimate of drug-likeness (QED) is 0.471. The lowest BCUT2D eigenvalue weighted by Crippen LogP contribution is -2.44. The van der Waals surface area contributed by atoms with Gasteiger partial charge in [-0.15, -0.1) is 16.8 Å². The van der Waals surface area contributed by atoms with Crippen LogP contribution < -0.4 is 4.90 Å². The van der Waals surface area contributed by atoms with E-state index in [1.54, 1.807) is 23.1 Å². The number of amides is 2. The third kappa shape index (κ3) is 6.10. The summed E-state index contributed by atoms with van der Waals surface area (Å²) in [5.41, 5.74) is 1.62. The second-order valence-corrected chi connectivity index (χ2v) is 8.49. The predicted molar refractivity (Wildman–Crippen MR) is 133 cm³/mol. The minimum Gasteiger partial charge on any atom is -0.353 e. The highest BCUT2D eigenvalue weighted by molar-refractivity contribution is 5.96. The van der Waals surface area contributed by atoms with Gasteiger partial charge in [-0.1, -0.05) is 12.1 Å². The van der Waals surface area contributed by atoms with Crippen LogP contribution in [-0.4, -0.2) is 71.1 Å². The molecule has 4 rings (SSSR count). The van der Waals surface area contributed by atoms with E-state index in [-0.39, 0.29) is 30.4 Å². The maximum Gasteiger partial charge on any atom is 0.254 e. The van der Waals surface area contributed by atoms with Crippen LogP contribution in [0.15, 0.2) is 73.3 Å². The molecule has 0 saturated carbocycles. The molecule has 0 aliphatic carbocycles. The molecular formula is C27H27F2N5O2. The number of carbonyl (C=O) groups is 2. The first-order valence-electron chi connectivity index (χ1n) is 11.7. The molecule has 0 spiro atoms. The highest BCUT2D eigenvalue weighted by Crippen LogP contribution is 2.20. The molecule has 2 amide bonds. The Labute approximate surface area is 208 Å². The average molecular weight is 492 g/mol. The summed E-state index contributed by atoms with van der Waals surface area (Å²) in [6.07, 6.45) is 2.27. The second-order valence-electron chi connectivity index (χ2n) is 8.49. The Hall–Kier alpha value is -4.14. The van der Waals surface area contributed by atoms with Crippen LogP contribution in [0.4, 0.5) is 14.6 Å². The van der Waals surface area contributed by atoms with Gasteiger partial charge in [-0.3, -0.25) is 9.59 Å². The number of nitrogens with zero attached hydrogens (tertiary/aromatic N) is 5. The number of rotatable bonds is 7. The van der Waals surface area contributed by atoms with E-state index < -0.39 is 11.7 Å². The van der Waals surface area contributed by atoms with Crippen molar-refractivity contribution >= 4 is 17.6 Å². The molecule has 186 valence electrons. The maximum absolute atomic E-state index is 13.6. The summed E-state index contributed by atoms with van der Waals surface area (Å²) < 4.78 is 26.7. The molecule has 7 nitrogen and oxygen atoms in total. The number of hydrogen-bond donors (Lipinski definition) is 0. The zero-order chi connectivity index (χ0) is 25.5. The minimum atomic E-state index is -0.507. The molecule has 0 N–H and O–H groups in total. The summed E-state index contributed by atoms with van der Waals surface area (Å²) in [4.78, 5) is 31.1. The maximum atomic E-state index is 13.6. The summed E-state index contributed by atoms with van der Waals surface area (Å²) in [7, 11) is 0. The van der Waals surface area contributed by atoms with Gasteiger partial charge in [0, 0.05) is 43.9 Å². The predicted octanol–water partition coefficient (Wildman–Crippen LogP) is 3.79. The van der Waals surface area contributed by atoms with Crippen LogP contribution in [0.5, 0.6) is 0 Å². The van der Waals surface area contributed by atoms with E-state index in [9.17, 15) is 18.4 Å². The van der Waals surface area contributed by atoms with E-state index in [0.717, 1.165) is 18.1 Å². The van der Waals surface area contributed by atoms with Gasteiger partial charge in [0.1, 0.15) is 18.2 Å². The summed E-state index contributed by atoms with van der Waals surface area (Å²) in [6.45, 7) is 6.02. The number of halogens is 2. The van der Waals surface area contributed by atoms with Gasteiger partial charge in [0.25, 0.3) is 5.91 Å². The fraction of sp³-hybridized carbons (Fsp3) is 0.259. The SMILES string of the molecule is C=CCN(CC(=O)N1CCCN(c2ccc(-c3ccc(F)cc3)nn2)CC1)C(=O)c1cccc(F)c1. The largest absolute Gasteiger partial charge is 0.353 e. The van der Waals surface area contributed by atoms with E-state index in [1.807, 2.05) is 12.1 Å².